The van der Waals surface area contributed by atoms with E-state index in [4.69, 9.17) is 32.7 Å². The van der Waals surface area contributed by atoms with Gasteiger partial charge in [0.1, 0.15) is 10.6 Å². The lowest BCUT2D eigenvalue weighted by atomic mass is 10.2. The molecular weight excluding hydrogens is 467 g/mol. The van der Waals surface area contributed by atoms with Gasteiger partial charge in [-0.05, 0) is 44.5 Å². The molecule has 1 N–H and O–H groups in total. The summed E-state index contributed by atoms with van der Waals surface area (Å²) in [6, 6.07) is 4.83. The van der Waals surface area contributed by atoms with Crippen molar-refractivity contribution in [1.29, 1.82) is 0 Å². The third-order valence-electron chi connectivity index (χ3n) is 4.45. The average molecular weight is 490 g/mol. The number of halogens is 4. The Morgan fingerprint density at radius 1 is 1.19 bits per heavy atom. The van der Waals surface area contributed by atoms with Gasteiger partial charge in [0, 0.05) is 37.9 Å². The van der Waals surface area contributed by atoms with Crippen LogP contribution in [0.15, 0.2) is 24.4 Å². The van der Waals surface area contributed by atoms with Gasteiger partial charge < -0.3 is 24.6 Å². The number of ether oxygens (including phenoxy) is 2. The third-order valence-corrected chi connectivity index (χ3v) is 4.90. The molecule has 2 heterocycles. The predicted octanol–water partition coefficient (Wildman–Crippen LogP) is 5.19. The van der Waals surface area contributed by atoms with Crippen molar-refractivity contribution in [2.24, 2.45) is 0 Å². The number of nitrogens with zero attached hydrogens (tertiary/aromatic N) is 4. The van der Waals surface area contributed by atoms with Crippen LogP contribution in [0.25, 0.3) is 0 Å². The summed E-state index contributed by atoms with van der Waals surface area (Å²) in [5.41, 5.74) is 0.329. The summed E-state index contributed by atoms with van der Waals surface area (Å²) >= 11 is 11.8. The lowest BCUT2D eigenvalue weighted by Crippen LogP contribution is -2.50. The van der Waals surface area contributed by atoms with Crippen molar-refractivity contribution in [3.63, 3.8) is 0 Å². The van der Waals surface area contributed by atoms with E-state index in [9.17, 15) is 13.6 Å². The highest BCUT2D eigenvalue weighted by Crippen LogP contribution is 2.35. The van der Waals surface area contributed by atoms with Crippen LogP contribution < -0.4 is 15.0 Å². The zero-order chi connectivity index (χ0) is 23.5. The first-order chi connectivity index (χ1) is 15.0. The van der Waals surface area contributed by atoms with Crippen LogP contribution in [0.1, 0.15) is 20.8 Å². The first-order valence-corrected chi connectivity index (χ1v) is 10.5. The number of benzene rings is 1. The minimum Gasteiger partial charge on any atom is -0.444 e. The number of hydrogen-bond donors (Lipinski definition) is 1. The maximum Gasteiger partial charge on any atom is 0.410 e. The Hall–Kier alpha value is -2.59. The Kier molecular flexibility index (Phi) is 7.45. The molecule has 1 aromatic heterocycles. The summed E-state index contributed by atoms with van der Waals surface area (Å²) in [5.74, 6) is 0.0716. The van der Waals surface area contributed by atoms with E-state index in [0.29, 0.717) is 31.9 Å². The average Bonchev–Trinajstić information content (AvgIpc) is 2.70. The maximum atomic E-state index is 13.0. The second-order valence-electron chi connectivity index (χ2n) is 7.97. The van der Waals surface area contributed by atoms with Crippen LogP contribution in [-0.2, 0) is 4.74 Å². The highest BCUT2D eigenvalue weighted by Gasteiger charge is 2.26. The van der Waals surface area contributed by atoms with Crippen LogP contribution >= 0.6 is 23.2 Å². The molecule has 0 radical (unpaired) electrons. The van der Waals surface area contributed by atoms with E-state index in [1.807, 2.05) is 25.7 Å². The molecule has 8 nitrogen and oxygen atoms in total. The molecule has 1 saturated heterocycles. The van der Waals surface area contributed by atoms with Gasteiger partial charge in [-0.25, -0.2) is 9.78 Å². The Morgan fingerprint density at radius 3 is 2.50 bits per heavy atom. The van der Waals surface area contributed by atoms with E-state index in [-0.39, 0.29) is 33.7 Å². The molecule has 0 atom stereocenters. The normalized spacial score (nSPS) is 14.5. The molecule has 12 heteroatoms. The Bertz CT molecular complexity index is 967. The number of piperazine rings is 1. The topological polar surface area (TPSA) is 79.8 Å². The van der Waals surface area contributed by atoms with Crippen molar-refractivity contribution in [1.82, 2.24) is 14.9 Å². The standard InChI is InChI=1S/C20H23Cl2F2N5O3/c1-20(2,3)32-19(30)29-8-6-28(7-9-29)12-4-5-14(15(10-12)31-18(23)24)26-16-13(21)11-25-17(22)27-16/h4-5,10-11,18H,6-9H2,1-3H3,(H,25,26,27). The summed E-state index contributed by atoms with van der Waals surface area (Å²) in [4.78, 5) is 23.5. The van der Waals surface area contributed by atoms with E-state index in [1.165, 1.54) is 12.3 Å². The Morgan fingerprint density at radius 2 is 1.88 bits per heavy atom. The number of carbonyl (C=O) groups is 1. The highest BCUT2D eigenvalue weighted by atomic mass is 35.5. The van der Waals surface area contributed by atoms with Gasteiger partial charge in [-0.1, -0.05) is 11.6 Å². The molecule has 0 unspecified atom stereocenters. The van der Waals surface area contributed by atoms with Crippen LogP contribution in [0, 0.1) is 0 Å². The molecule has 0 spiro atoms. The molecule has 1 aliphatic rings. The summed E-state index contributed by atoms with van der Waals surface area (Å²) in [6.45, 7) is 4.29. The number of amides is 1. The minimum absolute atomic E-state index is 0.0484. The first kappa shape index (κ1) is 24.1. The molecule has 1 aromatic carbocycles. The van der Waals surface area contributed by atoms with Crippen LogP contribution in [0.5, 0.6) is 5.75 Å². The monoisotopic (exact) mass is 489 g/mol. The lowest BCUT2D eigenvalue weighted by molar-refractivity contribution is -0.0493. The first-order valence-electron chi connectivity index (χ1n) is 9.78. The van der Waals surface area contributed by atoms with Crippen molar-refractivity contribution >= 4 is 46.5 Å². The van der Waals surface area contributed by atoms with E-state index < -0.39 is 12.2 Å². The zero-order valence-electron chi connectivity index (χ0n) is 17.7. The number of alkyl halides is 2. The predicted molar refractivity (Wildman–Crippen MR) is 118 cm³/mol. The SMILES string of the molecule is CC(C)(C)OC(=O)N1CCN(c2ccc(Nc3nc(Cl)ncc3Cl)c(OC(F)F)c2)CC1. The fraction of sp³-hybridized carbons (Fsp3) is 0.450. The fourth-order valence-electron chi connectivity index (χ4n) is 3.04. The molecule has 0 saturated carbocycles. The van der Waals surface area contributed by atoms with Gasteiger partial charge in [-0.2, -0.15) is 13.8 Å². The van der Waals surface area contributed by atoms with Crippen molar-refractivity contribution in [2.75, 3.05) is 36.4 Å². The molecule has 32 heavy (non-hydrogen) atoms. The Balaban J connectivity index is 1.74. The van der Waals surface area contributed by atoms with Gasteiger partial charge in [0.15, 0.2) is 11.6 Å². The summed E-state index contributed by atoms with van der Waals surface area (Å²) in [5, 5.41) is 2.97. The van der Waals surface area contributed by atoms with E-state index in [2.05, 4.69) is 15.3 Å². The smallest absolute Gasteiger partial charge is 0.410 e. The van der Waals surface area contributed by atoms with Crippen molar-refractivity contribution in [3.8, 4) is 5.75 Å². The van der Waals surface area contributed by atoms with Crippen LogP contribution in [-0.4, -0.2) is 59.4 Å². The fourth-order valence-corrected chi connectivity index (χ4v) is 3.31. The van der Waals surface area contributed by atoms with E-state index in [1.54, 1.807) is 17.0 Å². The lowest BCUT2D eigenvalue weighted by Gasteiger charge is -2.37. The van der Waals surface area contributed by atoms with E-state index >= 15 is 0 Å². The largest absolute Gasteiger partial charge is 0.444 e. The number of hydrogen-bond acceptors (Lipinski definition) is 7. The Labute approximate surface area is 194 Å². The van der Waals surface area contributed by atoms with E-state index in [0.717, 1.165) is 0 Å². The van der Waals surface area contributed by atoms with Gasteiger partial charge >= 0.3 is 12.7 Å². The number of nitrogens with one attached hydrogen (secondary N) is 1. The quantitative estimate of drug-likeness (QED) is 0.579. The maximum absolute atomic E-state index is 13.0. The highest BCUT2D eigenvalue weighted by molar-refractivity contribution is 6.33. The number of aromatic nitrogens is 2. The molecule has 1 fully saturated rings. The third kappa shape index (κ3) is 6.46. The van der Waals surface area contributed by atoms with Gasteiger partial charge in [0.05, 0.1) is 11.9 Å². The van der Waals surface area contributed by atoms with Gasteiger partial charge in [-0.3, -0.25) is 0 Å². The van der Waals surface area contributed by atoms with Gasteiger partial charge in [0.2, 0.25) is 5.28 Å². The second kappa shape index (κ2) is 9.91. The molecule has 2 aromatic rings. The summed E-state index contributed by atoms with van der Waals surface area (Å²) in [7, 11) is 0. The molecule has 1 aliphatic heterocycles. The molecule has 174 valence electrons. The van der Waals surface area contributed by atoms with Crippen LogP contribution in [0.3, 0.4) is 0 Å². The number of anilines is 3. The minimum atomic E-state index is -3.03. The molecule has 0 aliphatic carbocycles. The number of carbonyl (C=O) groups excluding carboxylic acids is 1. The summed E-state index contributed by atoms with van der Waals surface area (Å²) in [6.07, 6.45) is 0.921. The summed E-state index contributed by atoms with van der Waals surface area (Å²) < 4.78 is 36.2. The molecular formula is C20H23Cl2F2N5O3. The number of rotatable bonds is 5. The van der Waals surface area contributed by atoms with Gasteiger partial charge in [-0.15, -0.1) is 0 Å². The molecule has 3 rings (SSSR count). The molecule has 1 amide bonds. The van der Waals surface area contributed by atoms with Crippen molar-refractivity contribution in [3.05, 3.63) is 34.7 Å². The second-order valence-corrected chi connectivity index (χ2v) is 8.72. The zero-order valence-corrected chi connectivity index (χ0v) is 19.3. The van der Waals surface area contributed by atoms with Gasteiger partial charge in [0.25, 0.3) is 0 Å². The van der Waals surface area contributed by atoms with Crippen LogP contribution in [0.2, 0.25) is 10.3 Å². The van der Waals surface area contributed by atoms with Crippen molar-refractivity contribution in [2.45, 2.75) is 33.0 Å². The van der Waals surface area contributed by atoms with Crippen LogP contribution in [0.4, 0.5) is 30.8 Å². The molecule has 0 bridgehead atoms. The van der Waals surface area contributed by atoms with Crippen molar-refractivity contribution < 1.29 is 23.0 Å².